The molecule has 23 nitrogen and oxygen atoms in total. The Hall–Kier alpha value is -4.18. The number of carbonyl (C=O) groups is 1. The number of aliphatic hydroxyl groups excluding tert-OH is 2. The predicted octanol–water partition coefficient (Wildman–Crippen LogP) is 2.12. The third kappa shape index (κ3) is 11.6. The fourth-order valence-corrected chi connectivity index (χ4v) is 9.66. The standard InChI is InChI=1S/C33H44N9O14P3/c34-22-9-7-20-14-21-8-10-23(35)16-25(21)41(24(20)15-22)13-5-6-27(43)36-11-3-1-2-4-12-37-31-28-32(39-18-38-31)42(19-40-28)33-30(45)29(44)26(54-33)17-53-58(49,50)56-59(51,52)55-57(46,47)48/h7-10,14-16,18-19,26,29-30,33,44-45H,1-6,11-13,17H2,(H9,34,35,36,37,38,39,43,46,47,48,49,50,51,52)/p+1/t26-,29-,30-,33-/m1/s1. The number of imidazole rings is 1. The molecule has 6 atom stereocenters. The van der Waals surface area contributed by atoms with Crippen molar-refractivity contribution in [2.45, 2.75) is 69.6 Å². The number of phosphoric acid groups is 3. The normalized spacial score (nSPS) is 20.5. The maximum Gasteiger partial charge on any atom is 0.490 e. The Morgan fingerprint density at radius 3 is 2.15 bits per heavy atom. The Morgan fingerprint density at radius 1 is 0.831 bits per heavy atom. The average Bonchev–Trinajstić information content (AvgIpc) is 3.70. The number of pyridine rings is 1. The second-order valence-corrected chi connectivity index (χ2v) is 18.1. The van der Waals surface area contributed by atoms with E-state index in [1.54, 1.807) is 0 Å². The smallest absolute Gasteiger partial charge is 0.399 e. The minimum absolute atomic E-state index is 0.0215. The van der Waals surface area contributed by atoms with Crippen LogP contribution in [0.3, 0.4) is 0 Å². The van der Waals surface area contributed by atoms with Crippen LogP contribution in [0.25, 0.3) is 33.0 Å². The predicted molar refractivity (Wildman–Crippen MR) is 211 cm³/mol. The molecule has 1 saturated heterocycles. The van der Waals surface area contributed by atoms with Gasteiger partial charge in [-0.1, -0.05) is 12.8 Å². The van der Waals surface area contributed by atoms with E-state index < -0.39 is 54.6 Å². The second kappa shape index (κ2) is 18.6. The van der Waals surface area contributed by atoms with E-state index >= 15 is 0 Å². The number of nitrogen functional groups attached to an aromatic ring is 2. The first-order valence-electron chi connectivity index (χ1n) is 18.3. The van der Waals surface area contributed by atoms with Crippen LogP contribution < -0.4 is 26.7 Å². The highest BCUT2D eigenvalue weighted by molar-refractivity contribution is 7.66. The van der Waals surface area contributed by atoms with E-state index in [0.717, 1.165) is 47.5 Å². The van der Waals surface area contributed by atoms with E-state index in [-0.39, 0.29) is 11.6 Å². The Kier molecular flexibility index (Phi) is 14.0. The molecule has 0 radical (unpaired) electrons. The van der Waals surface area contributed by atoms with Gasteiger partial charge in [-0.05, 0) is 43.2 Å². The molecule has 0 saturated carbocycles. The van der Waals surface area contributed by atoms with E-state index in [0.29, 0.717) is 55.2 Å². The molecular formula is C33H45N9O14P3+. The van der Waals surface area contributed by atoms with Gasteiger partial charge in [0.15, 0.2) is 23.2 Å². The zero-order valence-corrected chi connectivity index (χ0v) is 33.9. The number of nitrogens with one attached hydrogen (secondary N) is 2. The molecule has 4 heterocycles. The van der Waals surface area contributed by atoms with Crippen molar-refractivity contribution in [3.63, 3.8) is 0 Å². The SMILES string of the molecule is Nc1ccc2cc3ccc(N)cc3[n+](CCCC(=O)NCCCCCCNc3ncnc4c3ncn4[C@@H]3O[C@H](COP(=O)(O)OP(=O)(O)OP(=O)(O)O)[C@@H](O)[C@H]3O)c2c1. The molecule has 12 N–H and O–H groups in total. The zero-order chi connectivity index (χ0) is 42.5. The number of benzene rings is 2. The molecule has 320 valence electrons. The van der Waals surface area contributed by atoms with Gasteiger partial charge < -0.3 is 56.6 Å². The van der Waals surface area contributed by atoms with Gasteiger partial charge in [0, 0.05) is 60.2 Å². The van der Waals surface area contributed by atoms with Crippen molar-refractivity contribution in [3.8, 4) is 0 Å². The summed E-state index contributed by atoms with van der Waals surface area (Å²) in [5.74, 6) is 0.367. The summed E-state index contributed by atoms with van der Waals surface area (Å²) in [6.45, 7) is 0.729. The maximum atomic E-state index is 12.7. The van der Waals surface area contributed by atoms with E-state index in [2.05, 4.69) is 49.4 Å². The highest BCUT2D eigenvalue weighted by Gasteiger charge is 2.47. The van der Waals surface area contributed by atoms with Crippen molar-refractivity contribution in [1.29, 1.82) is 0 Å². The lowest BCUT2D eigenvalue weighted by Gasteiger charge is -2.19. The van der Waals surface area contributed by atoms with E-state index in [4.69, 9.17) is 26.0 Å². The molecule has 1 aliphatic heterocycles. The summed E-state index contributed by atoms with van der Waals surface area (Å²) in [4.78, 5) is 61.8. The number of rotatable bonds is 20. The summed E-state index contributed by atoms with van der Waals surface area (Å²) in [7, 11) is -16.9. The van der Waals surface area contributed by atoms with Crippen LogP contribution in [0.1, 0.15) is 44.8 Å². The number of carbonyl (C=O) groups excluding carboxylic acids is 1. The number of nitrogens with zero attached hydrogens (tertiary/aromatic N) is 5. The van der Waals surface area contributed by atoms with Crippen molar-refractivity contribution < 1.29 is 70.7 Å². The van der Waals surface area contributed by atoms with Gasteiger partial charge in [-0.15, -0.1) is 0 Å². The van der Waals surface area contributed by atoms with Gasteiger partial charge in [-0.2, -0.15) is 13.2 Å². The lowest BCUT2D eigenvalue weighted by atomic mass is 10.1. The number of ether oxygens (including phenoxy) is 1. The lowest BCUT2D eigenvalue weighted by Crippen LogP contribution is -2.36. The minimum Gasteiger partial charge on any atom is -0.399 e. The lowest BCUT2D eigenvalue weighted by molar-refractivity contribution is -0.645. The molecule has 0 aliphatic carbocycles. The van der Waals surface area contributed by atoms with Crippen LogP contribution >= 0.6 is 23.5 Å². The van der Waals surface area contributed by atoms with Gasteiger partial charge in [-0.3, -0.25) is 13.9 Å². The highest BCUT2D eigenvalue weighted by Crippen LogP contribution is 2.66. The number of hydrogen-bond donors (Lipinski definition) is 10. The molecule has 1 amide bonds. The summed E-state index contributed by atoms with van der Waals surface area (Å²) in [5.41, 5.74) is 16.0. The van der Waals surface area contributed by atoms with Gasteiger partial charge in [-0.25, -0.2) is 28.6 Å². The first kappa shape index (κ1) is 44.4. The Labute approximate surface area is 335 Å². The molecule has 1 fully saturated rings. The molecule has 2 unspecified atom stereocenters. The van der Waals surface area contributed by atoms with Gasteiger partial charge >= 0.3 is 23.5 Å². The topological polar surface area (TPSA) is 350 Å². The zero-order valence-electron chi connectivity index (χ0n) is 31.3. The van der Waals surface area contributed by atoms with E-state index in [1.165, 1.54) is 17.2 Å². The van der Waals surface area contributed by atoms with Gasteiger partial charge in [0.2, 0.25) is 16.9 Å². The molecule has 0 bridgehead atoms. The number of anilines is 3. The first-order chi connectivity index (χ1) is 27.9. The molecular weight excluding hydrogens is 839 g/mol. The summed E-state index contributed by atoms with van der Waals surface area (Å²) in [5, 5.41) is 29.5. The summed E-state index contributed by atoms with van der Waals surface area (Å²) >= 11 is 0. The number of aromatic nitrogens is 5. The quantitative estimate of drug-likeness (QED) is 0.0176. The number of phosphoric ester groups is 1. The van der Waals surface area contributed by atoms with Crippen LogP contribution in [0.15, 0.2) is 55.1 Å². The molecule has 59 heavy (non-hydrogen) atoms. The average molecular weight is 885 g/mol. The number of hydrogen-bond acceptors (Lipinski definition) is 16. The van der Waals surface area contributed by atoms with Gasteiger partial charge in [0.05, 0.1) is 12.9 Å². The van der Waals surface area contributed by atoms with Crippen molar-refractivity contribution in [1.82, 2.24) is 24.8 Å². The Bertz CT molecular complexity index is 2390. The summed E-state index contributed by atoms with van der Waals surface area (Å²) in [6.07, 6.45) is 0.690. The maximum absolute atomic E-state index is 12.7. The van der Waals surface area contributed by atoms with Crippen molar-refractivity contribution in [2.75, 3.05) is 36.5 Å². The summed E-state index contributed by atoms with van der Waals surface area (Å²) < 4.78 is 55.5. The monoisotopic (exact) mass is 884 g/mol. The molecule has 3 aromatic heterocycles. The molecule has 2 aromatic carbocycles. The molecule has 5 aromatic rings. The summed E-state index contributed by atoms with van der Waals surface area (Å²) in [6, 6.07) is 13.7. The third-order valence-electron chi connectivity index (χ3n) is 9.29. The number of fused-ring (bicyclic) bond motifs is 3. The molecule has 1 aliphatic rings. The van der Waals surface area contributed by atoms with Crippen LogP contribution in [0.4, 0.5) is 17.2 Å². The number of unbranched alkanes of at least 4 members (excludes halogenated alkanes) is 3. The van der Waals surface area contributed by atoms with Crippen molar-refractivity contribution >= 4 is 79.5 Å². The fourth-order valence-electron chi connectivity index (χ4n) is 6.63. The minimum atomic E-state index is -5.76. The van der Waals surface area contributed by atoms with Crippen LogP contribution in [0.5, 0.6) is 0 Å². The highest BCUT2D eigenvalue weighted by atomic mass is 31.3. The number of aliphatic hydroxyl groups is 2. The molecule has 6 rings (SSSR count). The number of amides is 1. The number of nitrogens with two attached hydrogens (primary N) is 2. The first-order valence-corrected chi connectivity index (χ1v) is 22.8. The fraction of sp³-hybridized carbons (Fsp3) is 0.424. The second-order valence-electron chi connectivity index (χ2n) is 13.7. The van der Waals surface area contributed by atoms with Crippen LogP contribution in [0.2, 0.25) is 0 Å². The van der Waals surface area contributed by atoms with Crippen molar-refractivity contribution in [3.05, 3.63) is 55.1 Å². The largest absolute Gasteiger partial charge is 0.490 e. The Balaban J connectivity index is 0.914. The Morgan fingerprint density at radius 2 is 1.49 bits per heavy atom. The molecule has 26 heteroatoms. The number of aryl methyl sites for hydroxylation is 1. The van der Waals surface area contributed by atoms with Crippen molar-refractivity contribution in [2.24, 2.45) is 0 Å². The van der Waals surface area contributed by atoms with Crippen LogP contribution in [0, 0.1) is 0 Å². The van der Waals surface area contributed by atoms with Crippen LogP contribution in [-0.2, 0) is 42.9 Å². The van der Waals surface area contributed by atoms with Crippen LogP contribution in [-0.4, -0.2) is 93.2 Å². The molecule has 0 spiro atoms. The third-order valence-corrected chi connectivity index (χ3v) is 13.1. The van der Waals surface area contributed by atoms with Gasteiger partial charge in [0.1, 0.15) is 31.2 Å². The van der Waals surface area contributed by atoms with E-state index in [1.807, 2.05) is 36.4 Å². The van der Waals surface area contributed by atoms with Gasteiger partial charge in [0.25, 0.3) is 0 Å². The van der Waals surface area contributed by atoms with E-state index in [9.17, 15) is 38.5 Å².